The molecule has 0 radical (unpaired) electrons. The minimum atomic E-state index is 0.582. The molecule has 0 saturated heterocycles. The van der Waals surface area contributed by atoms with Crippen molar-refractivity contribution in [2.45, 2.75) is 0 Å². The molecule has 0 saturated carbocycles. The number of ether oxygens (including phenoxy) is 2. The Hall–Kier alpha value is -3.25. The Bertz CT molecular complexity index is 946. The second-order valence-corrected chi connectivity index (χ2v) is 5.30. The molecule has 3 nitrogen and oxygen atoms in total. The van der Waals surface area contributed by atoms with Crippen molar-refractivity contribution in [2.75, 3.05) is 14.2 Å². The molecule has 0 aliphatic carbocycles. The predicted octanol–water partition coefficient (Wildman–Crippen LogP) is 4.92. The maximum absolute atomic E-state index is 9.70. The van der Waals surface area contributed by atoms with E-state index in [4.69, 9.17) is 9.47 Å². The molecule has 3 heteroatoms. The Balaban J connectivity index is 2.19. The molecule has 24 heavy (non-hydrogen) atoms. The van der Waals surface area contributed by atoms with Crippen LogP contribution in [0.3, 0.4) is 0 Å². The van der Waals surface area contributed by atoms with E-state index in [-0.39, 0.29) is 0 Å². The number of rotatable bonds is 4. The van der Waals surface area contributed by atoms with Crippen molar-refractivity contribution in [3.8, 4) is 17.6 Å². The zero-order valence-electron chi connectivity index (χ0n) is 13.6. The number of hydrogen-bond acceptors (Lipinski definition) is 3. The molecule has 0 N–H and O–H groups in total. The van der Waals surface area contributed by atoms with Crippen LogP contribution < -0.4 is 9.47 Å². The standard InChI is InChI=1S/C21H17NO2/c1-23-18-10-11-21(24-2)16(13-18)12-17(14-22)20-9-5-7-15-6-3-4-8-19(15)20/h3-13H,1-2H3/b17-12-. The Kier molecular flexibility index (Phi) is 4.49. The van der Waals surface area contributed by atoms with Gasteiger partial charge in [-0.3, -0.25) is 0 Å². The van der Waals surface area contributed by atoms with Crippen LogP contribution in [0, 0.1) is 11.3 Å². The van der Waals surface area contributed by atoms with Crippen molar-refractivity contribution in [3.05, 3.63) is 71.8 Å². The smallest absolute Gasteiger partial charge is 0.126 e. The van der Waals surface area contributed by atoms with Gasteiger partial charge >= 0.3 is 0 Å². The third-order valence-electron chi connectivity index (χ3n) is 3.94. The lowest BCUT2D eigenvalue weighted by atomic mass is 9.97. The van der Waals surface area contributed by atoms with Gasteiger partial charge in [0.2, 0.25) is 0 Å². The van der Waals surface area contributed by atoms with Gasteiger partial charge in [0.1, 0.15) is 11.5 Å². The molecular formula is C21H17NO2. The normalized spacial score (nSPS) is 11.1. The molecular weight excluding hydrogens is 298 g/mol. The van der Waals surface area contributed by atoms with Crippen molar-refractivity contribution in [1.82, 2.24) is 0 Å². The summed E-state index contributed by atoms with van der Waals surface area (Å²) in [4.78, 5) is 0. The van der Waals surface area contributed by atoms with Gasteiger partial charge in [-0.1, -0.05) is 42.5 Å². The van der Waals surface area contributed by atoms with Crippen LogP contribution in [0.5, 0.6) is 11.5 Å². The average molecular weight is 315 g/mol. The van der Waals surface area contributed by atoms with Crippen LogP contribution in [-0.4, -0.2) is 14.2 Å². The SMILES string of the molecule is COc1ccc(OC)c(/C=C(/C#N)c2cccc3ccccc23)c1. The molecule has 118 valence electrons. The molecule has 3 aromatic rings. The van der Waals surface area contributed by atoms with E-state index in [2.05, 4.69) is 6.07 Å². The number of nitrogens with zero attached hydrogens (tertiary/aromatic N) is 1. The third-order valence-corrected chi connectivity index (χ3v) is 3.94. The van der Waals surface area contributed by atoms with Crippen molar-refractivity contribution in [1.29, 1.82) is 5.26 Å². The lowest BCUT2D eigenvalue weighted by molar-refractivity contribution is 0.402. The first kappa shape index (κ1) is 15.6. The molecule has 3 rings (SSSR count). The van der Waals surface area contributed by atoms with Gasteiger partial charge in [0.15, 0.2) is 0 Å². The highest BCUT2D eigenvalue weighted by Gasteiger charge is 2.09. The molecule has 0 fully saturated rings. The van der Waals surface area contributed by atoms with Gasteiger partial charge < -0.3 is 9.47 Å². The first-order valence-electron chi connectivity index (χ1n) is 7.59. The molecule has 0 amide bonds. The summed E-state index contributed by atoms with van der Waals surface area (Å²) in [5, 5.41) is 11.9. The highest BCUT2D eigenvalue weighted by molar-refractivity contribution is 6.02. The molecule has 3 aromatic carbocycles. The van der Waals surface area contributed by atoms with E-state index in [1.54, 1.807) is 14.2 Å². The van der Waals surface area contributed by atoms with Gasteiger partial charge in [0.25, 0.3) is 0 Å². The second-order valence-electron chi connectivity index (χ2n) is 5.30. The molecule has 0 unspecified atom stereocenters. The maximum atomic E-state index is 9.70. The first-order chi connectivity index (χ1) is 11.8. The van der Waals surface area contributed by atoms with Crippen molar-refractivity contribution in [3.63, 3.8) is 0 Å². The summed E-state index contributed by atoms with van der Waals surface area (Å²) in [6, 6.07) is 21.9. The van der Waals surface area contributed by atoms with Crippen molar-refractivity contribution < 1.29 is 9.47 Å². The topological polar surface area (TPSA) is 42.2 Å². The fraction of sp³-hybridized carbons (Fsp3) is 0.0952. The van der Waals surface area contributed by atoms with E-state index in [9.17, 15) is 5.26 Å². The van der Waals surface area contributed by atoms with Gasteiger partial charge in [-0.25, -0.2) is 0 Å². The van der Waals surface area contributed by atoms with Crippen LogP contribution in [0.4, 0.5) is 0 Å². The monoisotopic (exact) mass is 315 g/mol. The van der Waals surface area contributed by atoms with Gasteiger partial charge in [-0.15, -0.1) is 0 Å². The van der Waals surface area contributed by atoms with Crippen molar-refractivity contribution in [2.24, 2.45) is 0 Å². The lowest BCUT2D eigenvalue weighted by Gasteiger charge is -2.09. The van der Waals surface area contributed by atoms with Crippen LogP contribution in [0.2, 0.25) is 0 Å². The molecule has 0 aliphatic rings. The highest BCUT2D eigenvalue weighted by atomic mass is 16.5. The maximum Gasteiger partial charge on any atom is 0.126 e. The largest absolute Gasteiger partial charge is 0.497 e. The van der Waals surface area contributed by atoms with Crippen LogP contribution in [-0.2, 0) is 0 Å². The number of fused-ring (bicyclic) bond motifs is 1. The van der Waals surface area contributed by atoms with Crippen LogP contribution in [0.25, 0.3) is 22.4 Å². The van der Waals surface area contributed by atoms with E-state index < -0.39 is 0 Å². The Labute approximate surface area is 141 Å². The Morgan fingerprint density at radius 3 is 2.50 bits per heavy atom. The fourth-order valence-electron chi connectivity index (χ4n) is 2.74. The fourth-order valence-corrected chi connectivity index (χ4v) is 2.74. The number of benzene rings is 3. The third kappa shape index (κ3) is 2.95. The van der Waals surface area contributed by atoms with E-state index in [0.717, 1.165) is 27.6 Å². The van der Waals surface area contributed by atoms with E-state index >= 15 is 0 Å². The summed E-state index contributed by atoms with van der Waals surface area (Å²) in [7, 11) is 3.23. The molecule has 0 bridgehead atoms. The van der Waals surface area contributed by atoms with E-state index in [1.165, 1.54) is 0 Å². The molecule has 0 aliphatic heterocycles. The summed E-state index contributed by atoms with van der Waals surface area (Å²) < 4.78 is 10.7. The van der Waals surface area contributed by atoms with Gasteiger partial charge in [-0.05, 0) is 35.0 Å². The second kappa shape index (κ2) is 6.89. The average Bonchev–Trinajstić information content (AvgIpc) is 2.65. The van der Waals surface area contributed by atoms with Crippen LogP contribution >= 0.6 is 0 Å². The number of methoxy groups -OCH3 is 2. The van der Waals surface area contributed by atoms with Crippen LogP contribution in [0.1, 0.15) is 11.1 Å². The Morgan fingerprint density at radius 2 is 1.75 bits per heavy atom. The van der Waals surface area contributed by atoms with Gasteiger partial charge in [0.05, 0.1) is 25.9 Å². The Morgan fingerprint density at radius 1 is 0.958 bits per heavy atom. The summed E-state index contributed by atoms with van der Waals surface area (Å²) in [6.07, 6.45) is 1.84. The first-order valence-corrected chi connectivity index (χ1v) is 7.59. The summed E-state index contributed by atoms with van der Waals surface area (Å²) in [6.45, 7) is 0. The van der Waals surface area contributed by atoms with E-state index in [1.807, 2.05) is 66.7 Å². The quantitative estimate of drug-likeness (QED) is 0.507. The predicted molar refractivity (Wildman–Crippen MR) is 97.0 cm³/mol. The number of nitriles is 1. The lowest BCUT2D eigenvalue weighted by Crippen LogP contribution is -1.91. The zero-order chi connectivity index (χ0) is 16.9. The van der Waals surface area contributed by atoms with Gasteiger partial charge in [0, 0.05) is 11.1 Å². The summed E-state index contributed by atoms with van der Waals surface area (Å²) in [5.41, 5.74) is 2.29. The minimum absolute atomic E-state index is 0.582. The number of allylic oxidation sites excluding steroid dienone is 1. The molecule has 0 heterocycles. The molecule has 0 aromatic heterocycles. The molecule has 0 spiro atoms. The van der Waals surface area contributed by atoms with Crippen LogP contribution in [0.15, 0.2) is 60.7 Å². The summed E-state index contributed by atoms with van der Waals surface area (Å²) >= 11 is 0. The summed E-state index contributed by atoms with van der Waals surface area (Å²) in [5.74, 6) is 1.42. The number of hydrogen-bond donors (Lipinski definition) is 0. The minimum Gasteiger partial charge on any atom is -0.497 e. The van der Waals surface area contributed by atoms with Crippen molar-refractivity contribution >= 4 is 22.4 Å². The molecule has 0 atom stereocenters. The van der Waals surface area contributed by atoms with E-state index in [0.29, 0.717) is 11.3 Å². The highest BCUT2D eigenvalue weighted by Crippen LogP contribution is 2.30. The zero-order valence-corrected chi connectivity index (χ0v) is 13.6. The van der Waals surface area contributed by atoms with Gasteiger partial charge in [-0.2, -0.15) is 5.26 Å².